The molecule has 0 saturated carbocycles. The molecule has 1 N–H and O–H groups in total. The minimum atomic E-state index is 0.611. The Morgan fingerprint density at radius 3 is 2.94 bits per heavy atom. The molecular formula is C12H15N3OS. The summed E-state index contributed by atoms with van der Waals surface area (Å²) in [5.74, 6) is 1.68. The SMILES string of the molecule is CCCOc1cccc(-c2n[nH]c(=S)n2C)c1. The zero-order valence-electron chi connectivity index (χ0n) is 9.93. The van der Waals surface area contributed by atoms with E-state index in [-0.39, 0.29) is 0 Å². The van der Waals surface area contributed by atoms with Gasteiger partial charge in [0.15, 0.2) is 10.6 Å². The maximum atomic E-state index is 5.59. The molecule has 17 heavy (non-hydrogen) atoms. The van der Waals surface area contributed by atoms with Crippen LogP contribution in [0.2, 0.25) is 0 Å². The number of hydrogen-bond donors (Lipinski definition) is 1. The fraction of sp³-hybridized carbons (Fsp3) is 0.333. The largest absolute Gasteiger partial charge is 0.494 e. The summed E-state index contributed by atoms with van der Waals surface area (Å²) in [5, 5.41) is 6.97. The molecule has 0 amide bonds. The summed E-state index contributed by atoms with van der Waals surface area (Å²) in [7, 11) is 1.89. The van der Waals surface area contributed by atoms with Crippen molar-refractivity contribution in [1.29, 1.82) is 0 Å². The molecule has 0 spiro atoms. The summed E-state index contributed by atoms with van der Waals surface area (Å²) in [6.07, 6.45) is 0.997. The minimum Gasteiger partial charge on any atom is -0.494 e. The van der Waals surface area contributed by atoms with Crippen molar-refractivity contribution in [3.05, 3.63) is 29.0 Å². The van der Waals surface area contributed by atoms with Crippen molar-refractivity contribution in [3.63, 3.8) is 0 Å². The van der Waals surface area contributed by atoms with Crippen molar-refractivity contribution in [1.82, 2.24) is 14.8 Å². The first-order valence-electron chi connectivity index (χ1n) is 5.57. The third-order valence-electron chi connectivity index (χ3n) is 2.44. The number of aromatic nitrogens is 3. The molecule has 0 radical (unpaired) electrons. The van der Waals surface area contributed by atoms with Gasteiger partial charge in [0, 0.05) is 12.6 Å². The van der Waals surface area contributed by atoms with Crippen LogP contribution in [0.1, 0.15) is 13.3 Å². The lowest BCUT2D eigenvalue weighted by molar-refractivity contribution is 0.317. The fourth-order valence-electron chi connectivity index (χ4n) is 1.55. The van der Waals surface area contributed by atoms with E-state index in [1.54, 1.807) is 0 Å². The summed E-state index contributed by atoms with van der Waals surface area (Å²) < 4.78 is 8.04. The molecule has 1 aromatic carbocycles. The molecule has 4 nitrogen and oxygen atoms in total. The molecule has 0 aliphatic heterocycles. The smallest absolute Gasteiger partial charge is 0.195 e. The van der Waals surface area contributed by atoms with Crippen molar-refractivity contribution in [2.45, 2.75) is 13.3 Å². The van der Waals surface area contributed by atoms with E-state index < -0.39 is 0 Å². The van der Waals surface area contributed by atoms with Crippen LogP contribution in [0.4, 0.5) is 0 Å². The third kappa shape index (κ3) is 2.55. The van der Waals surface area contributed by atoms with Gasteiger partial charge >= 0.3 is 0 Å². The van der Waals surface area contributed by atoms with Crippen LogP contribution in [0.15, 0.2) is 24.3 Å². The summed E-state index contributed by atoms with van der Waals surface area (Å²) >= 11 is 5.09. The lowest BCUT2D eigenvalue weighted by Gasteiger charge is -2.06. The molecule has 1 aromatic heterocycles. The van der Waals surface area contributed by atoms with Crippen LogP contribution in [0.3, 0.4) is 0 Å². The number of benzene rings is 1. The van der Waals surface area contributed by atoms with Crippen molar-refractivity contribution in [2.24, 2.45) is 7.05 Å². The summed E-state index contributed by atoms with van der Waals surface area (Å²) in [5.41, 5.74) is 0.994. The Labute approximate surface area is 105 Å². The van der Waals surface area contributed by atoms with Crippen LogP contribution >= 0.6 is 12.2 Å². The monoisotopic (exact) mass is 249 g/mol. The molecule has 2 rings (SSSR count). The molecule has 1 heterocycles. The van der Waals surface area contributed by atoms with E-state index >= 15 is 0 Å². The Morgan fingerprint density at radius 2 is 2.29 bits per heavy atom. The Balaban J connectivity index is 2.33. The van der Waals surface area contributed by atoms with Crippen LogP contribution in [0.25, 0.3) is 11.4 Å². The minimum absolute atomic E-state index is 0.611. The first-order valence-corrected chi connectivity index (χ1v) is 5.98. The van der Waals surface area contributed by atoms with E-state index in [1.165, 1.54) is 0 Å². The Bertz CT molecular complexity index is 559. The van der Waals surface area contributed by atoms with Gasteiger partial charge in [0.25, 0.3) is 0 Å². The topological polar surface area (TPSA) is 42.8 Å². The average Bonchev–Trinajstić information content (AvgIpc) is 2.68. The zero-order valence-corrected chi connectivity index (χ0v) is 10.8. The Hall–Kier alpha value is -1.62. The van der Waals surface area contributed by atoms with E-state index in [0.717, 1.165) is 30.2 Å². The maximum Gasteiger partial charge on any atom is 0.195 e. The second-order valence-electron chi connectivity index (χ2n) is 3.79. The zero-order chi connectivity index (χ0) is 12.3. The normalized spacial score (nSPS) is 10.5. The van der Waals surface area contributed by atoms with Gasteiger partial charge in [0.1, 0.15) is 5.75 Å². The first kappa shape index (κ1) is 11.9. The van der Waals surface area contributed by atoms with E-state index in [2.05, 4.69) is 17.1 Å². The molecule has 0 fully saturated rings. The van der Waals surface area contributed by atoms with Gasteiger partial charge in [0.05, 0.1) is 6.61 Å². The standard InChI is InChI=1S/C12H15N3OS/c1-3-7-16-10-6-4-5-9(8-10)11-13-14-12(17)15(11)2/h4-6,8H,3,7H2,1-2H3,(H,14,17). The molecule has 90 valence electrons. The van der Waals surface area contributed by atoms with Gasteiger partial charge in [-0.2, -0.15) is 5.10 Å². The summed E-state index contributed by atoms with van der Waals surface area (Å²) in [6, 6.07) is 7.86. The lowest BCUT2D eigenvalue weighted by atomic mass is 10.2. The Morgan fingerprint density at radius 1 is 1.47 bits per heavy atom. The van der Waals surface area contributed by atoms with Crippen molar-refractivity contribution in [3.8, 4) is 17.1 Å². The number of aromatic amines is 1. The quantitative estimate of drug-likeness (QED) is 0.847. The van der Waals surface area contributed by atoms with Gasteiger partial charge in [-0.3, -0.25) is 5.10 Å². The number of hydrogen-bond acceptors (Lipinski definition) is 3. The molecule has 0 bridgehead atoms. The number of ether oxygens (including phenoxy) is 1. The van der Waals surface area contributed by atoms with Crippen molar-refractivity contribution >= 4 is 12.2 Å². The molecule has 0 aliphatic carbocycles. The van der Waals surface area contributed by atoms with Gasteiger partial charge in [-0.05, 0) is 30.8 Å². The molecule has 0 saturated heterocycles. The summed E-state index contributed by atoms with van der Waals surface area (Å²) in [6.45, 7) is 2.81. The predicted molar refractivity (Wildman–Crippen MR) is 69.6 cm³/mol. The van der Waals surface area contributed by atoms with Crippen molar-refractivity contribution < 1.29 is 4.74 Å². The second-order valence-corrected chi connectivity index (χ2v) is 4.17. The maximum absolute atomic E-state index is 5.59. The van der Waals surface area contributed by atoms with Crippen LogP contribution in [-0.4, -0.2) is 21.4 Å². The van der Waals surface area contributed by atoms with Gasteiger partial charge in [-0.25, -0.2) is 0 Å². The number of H-pyrrole nitrogens is 1. The predicted octanol–water partition coefficient (Wildman–Crippen LogP) is 2.93. The second kappa shape index (κ2) is 5.14. The van der Waals surface area contributed by atoms with E-state index in [0.29, 0.717) is 4.77 Å². The van der Waals surface area contributed by atoms with Gasteiger partial charge < -0.3 is 9.30 Å². The lowest BCUT2D eigenvalue weighted by Crippen LogP contribution is -1.96. The molecule has 2 aromatic rings. The average molecular weight is 249 g/mol. The molecule has 5 heteroatoms. The van der Waals surface area contributed by atoms with E-state index in [9.17, 15) is 0 Å². The number of rotatable bonds is 4. The highest BCUT2D eigenvalue weighted by atomic mass is 32.1. The van der Waals surface area contributed by atoms with Gasteiger partial charge in [0.2, 0.25) is 0 Å². The molecular weight excluding hydrogens is 234 g/mol. The van der Waals surface area contributed by atoms with E-state index in [1.807, 2.05) is 35.9 Å². The van der Waals surface area contributed by atoms with Crippen LogP contribution in [-0.2, 0) is 7.05 Å². The molecule has 0 atom stereocenters. The van der Waals surface area contributed by atoms with Crippen molar-refractivity contribution in [2.75, 3.05) is 6.61 Å². The highest BCUT2D eigenvalue weighted by molar-refractivity contribution is 7.71. The Kier molecular flexibility index (Phi) is 3.58. The van der Waals surface area contributed by atoms with Gasteiger partial charge in [-0.1, -0.05) is 19.1 Å². The van der Waals surface area contributed by atoms with Crippen LogP contribution in [0.5, 0.6) is 5.75 Å². The number of nitrogens with zero attached hydrogens (tertiary/aromatic N) is 2. The number of nitrogens with one attached hydrogen (secondary N) is 1. The fourth-order valence-corrected chi connectivity index (χ4v) is 1.68. The first-order chi connectivity index (χ1) is 8.22. The third-order valence-corrected chi connectivity index (χ3v) is 2.81. The summed E-state index contributed by atoms with van der Waals surface area (Å²) in [4.78, 5) is 0. The van der Waals surface area contributed by atoms with Crippen LogP contribution < -0.4 is 4.74 Å². The highest BCUT2D eigenvalue weighted by Crippen LogP contribution is 2.21. The molecule has 0 aliphatic rings. The highest BCUT2D eigenvalue weighted by Gasteiger charge is 2.06. The molecule has 0 unspecified atom stereocenters. The van der Waals surface area contributed by atoms with Crippen LogP contribution in [0, 0.1) is 4.77 Å². The van der Waals surface area contributed by atoms with E-state index in [4.69, 9.17) is 17.0 Å². The van der Waals surface area contributed by atoms with Gasteiger partial charge in [-0.15, -0.1) is 0 Å².